The molecular weight excluding hydrogens is 408 g/mol. The lowest BCUT2D eigenvalue weighted by molar-refractivity contribution is -0.385. The van der Waals surface area contributed by atoms with Crippen LogP contribution in [-0.4, -0.2) is 39.1 Å². The highest BCUT2D eigenvalue weighted by molar-refractivity contribution is 9.10. The van der Waals surface area contributed by atoms with Crippen LogP contribution in [0.3, 0.4) is 0 Å². The molecule has 0 atom stereocenters. The number of carbonyl (C=O) groups is 1. The molecule has 26 heavy (non-hydrogen) atoms. The first kappa shape index (κ1) is 18.1. The Morgan fingerprint density at radius 2 is 1.92 bits per heavy atom. The summed E-state index contributed by atoms with van der Waals surface area (Å²) in [5.74, 6) is -0.888. The van der Waals surface area contributed by atoms with Gasteiger partial charge in [0.2, 0.25) is 5.82 Å². The summed E-state index contributed by atoms with van der Waals surface area (Å²) in [4.78, 5) is 31.8. The highest BCUT2D eigenvalue weighted by Gasteiger charge is 2.32. The van der Waals surface area contributed by atoms with Crippen LogP contribution in [0.15, 0.2) is 35.1 Å². The number of piperidine rings is 1. The second-order valence-electron chi connectivity index (χ2n) is 5.76. The van der Waals surface area contributed by atoms with E-state index in [4.69, 9.17) is 9.84 Å². The number of nitro groups is 1. The van der Waals surface area contributed by atoms with Crippen LogP contribution in [0, 0.1) is 16.0 Å². The van der Waals surface area contributed by atoms with Crippen molar-refractivity contribution in [2.45, 2.75) is 12.8 Å². The first-order chi connectivity index (χ1) is 12.5. The van der Waals surface area contributed by atoms with Gasteiger partial charge in [0.1, 0.15) is 12.1 Å². The minimum atomic E-state index is -0.846. The van der Waals surface area contributed by atoms with E-state index >= 15 is 0 Å². The molecule has 0 amide bonds. The second kappa shape index (κ2) is 7.65. The molecule has 1 aliphatic heterocycles. The van der Waals surface area contributed by atoms with Crippen molar-refractivity contribution < 1.29 is 19.6 Å². The standard InChI is InChI=1S/C16H15BrN4O5/c17-11-1-3-12(4-2-11)26-15-13(21(24)25)14(18-9-19-15)20-7-5-10(6-8-20)16(22)23/h1-4,9-10H,5-8H2,(H,22,23). The molecule has 9 nitrogen and oxygen atoms in total. The van der Waals surface area contributed by atoms with Crippen LogP contribution in [0.1, 0.15) is 12.8 Å². The molecule has 0 unspecified atom stereocenters. The van der Waals surface area contributed by atoms with Crippen molar-refractivity contribution in [2.75, 3.05) is 18.0 Å². The summed E-state index contributed by atoms with van der Waals surface area (Å²) >= 11 is 3.31. The lowest BCUT2D eigenvalue weighted by Gasteiger charge is -2.30. The number of benzene rings is 1. The van der Waals surface area contributed by atoms with E-state index in [2.05, 4.69) is 25.9 Å². The largest absolute Gasteiger partial charge is 0.481 e. The number of hydrogen-bond donors (Lipinski definition) is 1. The number of aromatic nitrogens is 2. The molecule has 0 radical (unpaired) electrons. The van der Waals surface area contributed by atoms with Gasteiger partial charge in [-0.05, 0) is 37.1 Å². The molecule has 0 saturated carbocycles. The summed E-state index contributed by atoms with van der Waals surface area (Å²) in [5.41, 5.74) is -0.329. The second-order valence-corrected chi connectivity index (χ2v) is 6.68. The lowest BCUT2D eigenvalue weighted by Crippen LogP contribution is -2.37. The van der Waals surface area contributed by atoms with Crippen molar-refractivity contribution in [1.82, 2.24) is 9.97 Å². The van der Waals surface area contributed by atoms with Gasteiger partial charge in [-0.25, -0.2) is 4.98 Å². The number of hydrogen-bond acceptors (Lipinski definition) is 7. The highest BCUT2D eigenvalue weighted by Crippen LogP contribution is 2.37. The normalized spacial score (nSPS) is 14.9. The molecule has 1 aromatic heterocycles. The topological polar surface area (TPSA) is 119 Å². The van der Waals surface area contributed by atoms with Crippen molar-refractivity contribution >= 4 is 33.4 Å². The molecule has 0 spiro atoms. The number of nitrogens with zero attached hydrogens (tertiary/aromatic N) is 4. The van der Waals surface area contributed by atoms with E-state index in [0.29, 0.717) is 31.7 Å². The van der Waals surface area contributed by atoms with E-state index in [1.807, 2.05) is 0 Å². The van der Waals surface area contributed by atoms with E-state index < -0.39 is 16.8 Å². The van der Waals surface area contributed by atoms with Crippen molar-refractivity contribution in [2.24, 2.45) is 5.92 Å². The smallest absolute Gasteiger partial charge is 0.373 e. The number of anilines is 1. The van der Waals surface area contributed by atoms with Crippen LogP contribution >= 0.6 is 15.9 Å². The van der Waals surface area contributed by atoms with Crippen LogP contribution in [0.5, 0.6) is 11.6 Å². The molecule has 2 heterocycles. The maximum absolute atomic E-state index is 11.6. The number of carboxylic acids is 1. The fourth-order valence-corrected chi connectivity index (χ4v) is 3.04. The van der Waals surface area contributed by atoms with E-state index in [0.717, 1.165) is 4.47 Å². The van der Waals surface area contributed by atoms with Gasteiger partial charge in [0, 0.05) is 17.6 Å². The predicted octanol–water partition coefficient (Wildman–Crippen LogP) is 3.24. The Balaban J connectivity index is 1.88. The predicted molar refractivity (Wildman–Crippen MR) is 95.5 cm³/mol. The average molecular weight is 423 g/mol. The van der Waals surface area contributed by atoms with Gasteiger partial charge >= 0.3 is 17.5 Å². The number of ether oxygens (including phenoxy) is 1. The van der Waals surface area contributed by atoms with Crippen molar-refractivity contribution in [3.05, 3.63) is 45.2 Å². The summed E-state index contributed by atoms with van der Waals surface area (Å²) in [5, 5.41) is 20.7. The third-order valence-corrected chi connectivity index (χ3v) is 4.65. The molecule has 1 N–H and O–H groups in total. The zero-order valence-corrected chi connectivity index (χ0v) is 15.1. The first-order valence-corrected chi connectivity index (χ1v) is 8.65. The Morgan fingerprint density at radius 3 is 2.50 bits per heavy atom. The van der Waals surface area contributed by atoms with Gasteiger partial charge < -0.3 is 14.7 Å². The van der Waals surface area contributed by atoms with Gasteiger partial charge in [-0.2, -0.15) is 4.98 Å². The summed E-state index contributed by atoms with van der Waals surface area (Å²) in [7, 11) is 0. The van der Waals surface area contributed by atoms with Crippen molar-refractivity contribution in [1.29, 1.82) is 0 Å². The Bertz CT molecular complexity index is 822. The quantitative estimate of drug-likeness (QED) is 0.575. The lowest BCUT2D eigenvalue weighted by atomic mass is 9.97. The maximum atomic E-state index is 11.6. The highest BCUT2D eigenvalue weighted by atomic mass is 79.9. The van der Waals surface area contributed by atoms with E-state index in [1.54, 1.807) is 29.2 Å². The number of rotatable bonds is 5. The van der Waals surface area contributed by atoms with Crippen molar-refractivity contribution in [3.8, 4) is 11.6 Å². The Morgan fingerprint density at radius 1 is 1.27 bits per heavy atom. The molecule has 1 saturated heterocycles. The summed E-state index contributed by atoms with van der Waals surface area (Å²) in [6.07, 6.45) is 2.01. The minimum Gasteiger partial charge on any atom is -0.481 e. The average Bonchev–Trinajstić information content (AvgIpc) is 2.63. The molecule has 1 aromatic carbocycles. The number of aliphatic carboxylic acids is 1. The third-order valence-electron chi connectivity index (χ3n) is 4.12. The van der Waals surface area contributed by atoms with Gasteiger partial charge in [-0.3, -0.25) is 14.9 Å². The molecule has 0 bridgehead atoms. The van der Waals surface area contributed by atoms with E-state index in [-0.39, 0.29) is 17.4 Å². The Labute approximate surface area is 156 Å². The van der Waals surface area contributed by atoms with E-state index in [9.17, 15) is 14.9 Å². The SMILES string of the molecule is O=C(O)C1CCN(c2ncnc(Oc3ccc(Br)cc3)c2[N+](=O)[O-])CC1. The van der Waals surface area contributed by atoms with Crippen LogP contribution < -0.4 is 9.64 Å². The molecule has 0 aliphatic carbocycles. The molecule has 1 fully saturated rings. The fourth-order valence-electron chi connectivity index (χ4n) is 2.77. The fraction of sp³-hybridized carbons (Fsp3) is 0.312. The van der Waals surface area contributed by atoms with Crippen LogP contribution in [-0.2, 0) is 4.79 Å². The minimum absolute atomic E-state index is 0.140. The molecular formula is C16H15BrN4O5. The van der Waals surface area contributed by atoms with Gasteiger partial charge in [-0.15, -0.1) is 0 Å². The molecule has 136 valence electrons. The Kier molecular flexibility index (Phi) is 5.31. The molecule has 10 heteroatoms. The van der Waals surface area contributed by atoms with Gasteiger partial charge in [0.15, 0.2) is 0 Å². The van der Waals surface area contributed by atoms with Gasteiger partial charge in [0.25, 0.3) is 0 Å². The van der Waals surface area contributed by atoms with Gasteiger partial charge in [0.05, 0.1) is 10.8 Å². The zero-order valence-electron chi connectivity index (χ0n) is 13.5. The van der Waals surface area contributed by atoms with Crippen LogP contribution in [0.2, 0.25) is 0 Å². The monoisotopic (exact) mass is 422 g/mol. The first-order valence-electron chi connectivity index (χ1n) is 7.86. The van der Waals surface area contributed by atoms with Crippen LogP contribution in [0.4, 0.5) is 11.5 Å². The van der Waals surface area contributed by atoms with E-state index in [1.165, 1.54) is 6.33 Å². The summed E-state index contributed by atoms with van der Waals surface area (Å²) in [6.45, 7) is 0.735. The summed E-state index contributed by atoms with van der Waals surface area (Å²) < 4.78 is 6.43. The molecule has 1 aliphatic rings. The summed E-state index contributed by atoms with van der Waals surface area (Å²) in [6, 6.07) is 6.82. The number of halogens is 1. The van der Waals surface area contributed by atoms with Gasteiger partial charge in [-0.1, -0.05) is 15.9 Å². The third kappa shape index (κ3) is 3.90. The zero-order chi connectivity index (χ0) is 18.7. The molecule has 2 aromatic rings. The van der Waals surface area contributed by atoms with Crippen molar-refractivity contribution in [3.63, 3.8) is 0 Å². The van der Waals surface area contributed by atoms with Crippen LogP contribution in [0.25, 0.3) is 0 Å². The molecule has 3 rings (SSSR count). The Hall–Kier alpha value is -2.75. The maximum Gasteiger partial charge on any atom is 0.373 e. The number of carboxylic acid groups (broad SMARTS) is 1.